The van der Waals surface area contributed by atoms with Gasteiger partial charge >= 0.3 is 0 Å². The summed E-state index contributed by atoms with van der Waals surface area (Å²) in [6.07, 6.45) is 2.71. The number of aryl methyl sites for hydroxylation is 1. The lowest BCUT2D eigenvalue weighted by molar-refractivity contribution is -0.142. The molecule has 1 amide bonds. The quantitative estimate of drug-likeness (QED) is 0.767. The smallest absolute Gasteiger partial charge is 0.222 e. The molecule has 1 aromatic heterocycles. The zero-order valence-corrected chi connectivity index (χ0v) is 13.6. The highest BCUT2D eigenvalue weighted by Crippen LogP contribution is 2.17. The monoisotopic (exact) mass is 345 g/mol. The van der Waals surface area contributed by atoms with E-state index in [1.54, 1.807) is 11.3 Å². The summed E-state index contributed by atoms with van der Waals surface area (Å²) in [5, 5.41) is 2.88. The molecule has 2 unspecified atom stereocenters. The summed E-state index contributed by atoms with van der Waals surface area (Å²) in [7, 11) is 0. The maximum atomic E-state index is 12.3. The van der Waals surface area contributed by atoms with Crippen LogP contribution in [0.1, 0.15) is 24.6 Å². The summed E-state index contributed by atoms with van der Waals surface area (Å²) in [6.45, 7) is 3.42. The second-order valence-corrected chi connectivity index (χ2v) is 6.62. The molecule has 5 heteroatoms. The van der Waals surface area contributed by atoms with Crippen molar-refractivity contribution in [2.24, 2.45) is 0 Å². The number of ether oxygens (including phenoxy) is 1. The van der Waals surface area contributed by atoms with Crippen LogP contribution in [-0.4, -0.2) is 41.4 Å². The van der Waals surface area contributed by atoms with E-state index in [9.17, 15) is 4.79 Å². The van der Waals surface area contributed by atoms with Gasteiger partial charge in [-0.05, 0) is 31.2 Å². The van der Waals surface area contributed by atoms with Gasteiger partial charge in [0.15, 0.2) is 0 Å². The Kier molecular flexibility index (Phi) is 5.85. The molecule has 1 aliphatic rings. The van der Waals surface area contributed by atoms with E-state index in [4.69, 9.17) is 4.74 Å². The predicted octanol–water partition coefficient (Wildman–Crippen LogP) is 3.08. The molecule has 1 saturated heterocycles. The second-order valence-electron chi connectivity index (χ2n) is 4.94. The highest BCUT2D eigenvalue weighted by atomic mass is 79.9. The molecule has 19 heavy (non-hydrogen) atoms. The van der Waals surface area contributed by atoms with Crippen LogP contribution >= 0.6 is 27.3 Å². The van der Waals surface area contributed by atoms with Gasteiger partial charge in [-0.2, -0.15) is 0 Å². The Hall–Kier alpha value is -0.390. The molecule has 3 nitrogen and oxygen atoms in total. The minimum Gasteiger partial charge on any atom is -0.373 e. The van der Waals surface area contributed by atoms with E-state index in [0.29, 0.717) is 19.6 Å². The Bertz CT molecular complexity index is 396. The largest absolute Gasteiger partial charge is 0.373 e. The lowest BCUT2D eigenvalue weighted by atomic mass is 10.1. The number of morpholine rings is 1. The van der Waals surface area contributed by atoms with E-state index >= 15 is 0 Å². The molecule has 0 spiro atoms. The van der Waals surface area contributed by atoms with Gasteiger partial charge in [0.2, 0.25) is 5.91 Å². The molecule has 106 valence electrons. The summed E-state index contributed by atoms with van der Waals surface area (Å²) >= 11 is 5.19. The van der Waals surface area contributed by atoms with Gasteiger partial charge in [-0.3, -0.25) is 4.79 Å². The molecule has 0 radical (unpaired) electrons. The summed E-state index contributed by atoms with van der Waals surface area (Å²) in [4.78, 5) is 15.6. The molecule has 1 aliphatic heterocycles. The fourth-order valence-electron chi connectivity index (χ4n) is 2.27. The van der Waals surface area contributed by atoms with Gasteiger partial charge in [0.25, 0.3) is 0 Å². The van der Waals surface area contributed by atoms with Gasteiger partial charge < -0.3 is 9.64 Å². The normalized spacial score (nSPS) is 23.6. The van der Waals surface area contributed by atoms with Crippen molar-refractivity contribution >= 4 is 33.2 Å². The zero-order chi connectivity index (χ0) is 13.7. The fraction of sp³-hybridized carbons (Fsp3) is 0.643. The highest BCUT2D eigenvalue weighted by Gasteiger charge is 2.28. The maximum Gasteiger partial charge on any atom is 0.222 e. The summed E-state index contributed by atoms with van der Waals surface area (Å²) < 4.78 is 5.64. The van der Waals surface area contributed by atoms with Crippen molar-refractivity contribution < 1.29 is 9.53 Å². The molecule has 1 fully saturated rings. The van der Waals surface area contributed by atoms with Gasteiger partial charge in [-0.1, -0.05) is 22.0 Å². The molecule has 0 aliphatic carbocycles. The van der Waals surface area contributed by atoms with Crippen LogP contribution in [0.5, 0.6) is 0 Å². The van der Waals surface area contributed by atoms with E-state index in [1.165, 1.54) is 4.88 Å². The molecule has 1 aromatic rings. The van der Waals surface area contributed by atoms with Crippen molar-refractivity contribution in [3.05, 3.63) is 22.4 Å². The number of carbonyl (C=O) groups excluding carboxylic acids is 1. The molecular weight excluding hydrogens is 326 g/mol. The number of amides is 1. The highest BCUT2D eigenvalue weighted by molar-refractivity contribution is 9.09. The van der Waals surface area contributed by atoms with Crippen LogP contribution in [0.4, 0.5) is 0 Å². The molecule has 2 rings (SSSR count). The third-order valence-corrected chi connectivity index (χ3v) is 5.05. The van der Waals surface area contributed by atoms with Crippen LogP contribution in [0.15, 0.2) is 17.5 Å². The van der Waals surface area contributed by atoms with Crippen molar-refractivity contribution in [1.82, 2.24) is 4.90 Å². The van der Waals surface area contributed by atoms with Gasteiger partial charge in [-0.25, -0.2) is 0 Å². The van der Waals surface area contributed by atoms with E-state index in [-0.39, 0.29) is 18.1 Å². The van der Waals surface area contributed by atoms with E-state index in [0.717, 1.165) is 18.2 Å². The average Bonchev–Trinajstić information content (AvgIpc) is 2.92. The van der Waals surface area contributed by atoms with Crippen molar-refractivity contribution in [1.29, 1.82) is 0 Å². The number of nitrogens with zero attached hydrogens (tertiary/aromatic N) is 1. The Labute approximate surface area is 127 Å². The first-order valence-electron chi connectivity index (χ1n) is 6.70. The van der Waals surface area contributed by atoms with Gasteiger partial charge in [0, 0.05) is 23.2 Å². The first-order chi connectivity index (χ1) is 9.20. The second kappa shape index (κ2) is 7.41. The molecule has 2 atom stereocenters. The number of rotatable bonds is 5. The number of hydrogen-bond acceptors (Lipinski definition) is 3. The number of hydrogen-bond donors (Lipinski definition) is 0. The van der Waals surface area contributed by atoms with Crippen LogP contribution in [0, 0.1) is 0 Å². The van der Waals surface area contributed by atoms with Crippen LogP contribution in [0.2, 0.25) is 0 Å². The standard InChI is InChI=1S/C14H20BrNO2S/c1-11-10-18-12(8-15)9-16(11)14(17)6-2-4-13-5-3-7-19-13/h3,5,7,11-12H,2,4,6,8-10H2,1H3. The van der Waals surface area contributed by atoms with Gasteiger partial charge in [0.1, 0.15) is 0 Å². The summed E-state index contributed by atoms with van der Waals surface area (Å²) in [5.74, 6) is 0.262. The first-order valence-corrected chi connectivity index (χ1v) is 8.70. The van der Waals surface area contributed by atoms with E-state index in [2.05, 4.69) is 40.4 Å². The summed E-state index contributed by atoms with van der Waals surface area (Å²) in [6, 6.07) is 4.39. The molecular formula is C14H20BrNO2S. The minimum absolute atomic E-state index is 0.137. The average molecular weight is 346 g/mol. The van der Waals surface area contributed by atoms with Crippen LogP contribution in [0.25, 0.3) is 0 Å². The molecule has 0 saturated carbocycles. The lowest BCUT2D eigenvalue weighted by Crippen LogP contribution is -2.51. The number of thiophene rings is 1. The Morgan fingerprint density at radius 1 is 1.63 bits per heavy atom. The molecule has 0 N–H and O–H groups in total. The van der Waals surface area contributed by atoms with Crippen molar-refractivity contribution in [2.45, 2.75) is 38.3 Å². The van der Waals surface area contributed by atoms with Crippen LogP contribution in [0.3, 0.4) is 0 Å². The Morgan fingerprint density at radius 3 is 3.16 bits per heavy atom. The van der Waals surface area contributed by atoms with Crippen LogP contribution < -0.4 is 0 Å². The van der Waals surface area contributed by atoms with Gasteiger partial charge in [-0.15, -0.1) is 11.3 Å². The van der Waals surface area contributed by atoms with Crippen molar-refractivity contribution in [3.8, 4) is 0 Å². The lowest BCUT2D eigenvalue weighted by Gasteiger charge is -2.37. The summed E-state index contributed by atoms with van der Waals surface area (Å²) in [5.41, 5.74) is 0. The molecule has 2 heterocycles. The predicted molar refractivity (Wildman–Crippen MR) is 82.0 cm³/mol. The van der Waals surface area contributed by atoms with E-state index in [1.807, 2.05) is 4.90 Å². The maximum absolute atomic E-state index is 12.3. The number of halogens is 1. The molecule has 0 aromatic carbocycles. The van der Waals surface area contributed by atoms with Crippen LogP contribution in [-0.2, 0) is 16.0 Å². The number of carbonyl (C=O) groups is 1. The van der Waals surface area contributed by atoms with Crippen molar-refractivity contribution in [2.75, 3.05) is 18.5 Å². The minimum atomic E-state index is 0.137. The fourth-order valence-corrected chi connectivity index (χ4v) is 3.41. The van der Waals surface area contributed by atoms with E-state index < -0.39 is 0 Å². The SMILES string of the molecule is CC1COC(CBr)CN1C(=O)CCCc1cccs1. The first kappa shape index (κ1) is 15.0. The van der Waals surface area contributed by atoms with Crippen molar-refractivity contribution in [3.63, 3.8) is 0 Å². The number of alkyl halides is 1. The Balaban J connectivity index is 1.78. The van der Waals surface area contributed by atoms with Gasteiger partial charge in [0.05, 0.1) is 18.8 Å². The third kappa shape index (κ3) is 4.29. The third-order valence-electron chi connectivity index (χ3n) is 3.39. The topological polar surface area (TPSA) is 29.5 Å². The Morgan fingerprint density at radius 2 is 2.47 bits per heavy atom. The zero-order valence-electron chi connectivity index (χ0n) is 11.2. The molecule has 0 bridgehead atoms.